The number of hydrogen-bond donors (Lipinski definition) is 0. The first-order chi connectivity index (χ1) is 19.4. The van der Waals surface area contributed by atoms with Crippen molar-refractivity contribution in [1.29, 1.82) is 0 Å². The lowest BCUT2D eigenvalue weighted by Gasteiger charge is -2.30. The number of allylic oxidation sites excluding steroid dienone is 1. The van der Waals surface area contributed by atoms with Crippen LogP contribution in [0.3, 0.4) is 0 Å². The fourth-order valence-corrected chi connectivity index (χ4v) is 6.45. The van der Waals surface area contributed by atoms with E-state index < -0.39 is 6.04 Å². The van der Waals surface area contributed by atoms with Gasteiger partial charge in [-0.1, -0.05) is 29.5 Å². The highest BCUT2D eigenvalue weighted by Gasteiger charge is 2.36. The summed E-state index contributed by atoms with van der Waals surface area (Å²) in [4.78, 5) is 35.2. The number of nitrogens with zero attached hydrogens (tertiary/aromatic N) is 4. The highest BCUT2D eigenvalue weighted by molar-refractivity contribution is 7.07. The smallest absolute Gasteiger partial charge is 0.271 e. The number of hydrogen-bond acceptors (Lipinski definition) is 6. The third-order valence-corrected chi connectivity index (χ3v) is 8.46. The van der Waals surface area contributed by atoms with Crippen molar-refractivity contribution in [2.75, 3.05) is 27.3 Å². The van der Waals surface area contributed by atoms with Crippen LogP contribution in [0.2, 0.25) is 0 Å². The number of rotatable bonds is 8. The Bertz CT molecular complexity index is 1810. The summed E-state index contributed by atoms with van der Waals surface area (Å²) in [6.45, 7) is 9.73. The molecule has 2 aromatic heterocycles. The lowest BCUT2D eigenvalue weighted by Crippen LogP contribution is -2.43. The number of aromatic nitrogens is 2. The van der Waals surface area contributed by atoms with E-state index in [-0.39, 0.29) is 11.5 Å². The highest BCUT2D eigenvalue weighted by Crippen LogP contribution is 2.38. The van der Waals surface area contributed by atoms with Crippen molar-refractivity contribution in [3.05, 3.63) is 90.7 Å². The van der Waals surface area contributed by atoms with Crippen LogP contribution >= 0.6 is 11.3 Å². The quantitative estimate of drug-likeness (QED) is 0.326. The van der Waals surface area contributed by atoms with Gasteiger partial charge in [0.1, 0.15) is 17.5 Å². The van der Waals surface area contributed by atoms with Gasteiger partial charge in [-0.2, -0.15) is 0 Å². The number of ether oxygens (including phenoxy) is 2. The topological polar surface area (TPSA) is 78.1 Å². The van der Waals surface area contributed by atoms with Crippen LogP contribution < -0.4 is 24.4 Å². The Balaban J connectivity index is 1.80. The molecule has 4 aromatic rings. The van der Waals surface area contributed by atoms with Gasteiger partial charge in [-0.05, 0) is 58.0 Å². The van der Waals surface area contributed by atoms with E-state index in [0.29, 0.717) is 50.8 Å². The van der Waals surface area contributed by atoms with Gasteiger partial charge in [0.05, 0.1) is 30.0 Å². The molecular weight excluding hydrogens is 524 g/mol. The van der Waals surface area contributed by atoms with Crippen molar-refractivity contribution in [2.45, 2.75) is 40.3 Å². The van der Waals surface area contributed by atoms with E-state index in [9.17, 15) is 9.59 Å². The predicted molar refractivity (Wildman–Crippen MR) is 159 cm³/mol. The maximum absolute atomic E-state index is 14.2. The summed E-state index contributed by atoms with van der Waals surface area (Å²) < 4.78 is 15.6. The maximum Gasteiger partial charge on any atom is 0.271 e. The van der Waals surface area contributed by atoms with Crippen molar-refractivity contribution < 1.29 is 14.3 Å². The number of carbonyl (C=O) groups excluding carboxylic acids is 1. The number of likely N-dealkylation sites (N-methyl/N-ethyl adjacent to an activating group) is 1. The molecule has 2 aromatic carbocycles. The number of benzene rings is 2. The number of thiazole rings is 1. The first-order valence-electron chi connectivity index (χ1n) is 13.5. The standard InChI is InChI=1S/C31H34N4O4S/c1-7-33(8-2)30(37)27-19(4)32-31-35(28(27)23-17-21(38-5)14-15-25(23)39-6)29(36)26(40-31)16-20-18-34(9-3)24-13-11-10-12-22(20)24/h10-18,28H,7-9H2,1-6H3/b26-16-/t28-/m0/s1. The van der Waals surface area contributed by atoms with Gasteiger partial charge < -0.3 is 18.9 Å². The third kappa shape index (κ3) is 4.54. The zero-order valence-corrected chi connectivity index (χ0v) is 24.5. The molecular formula is C31H34N4O4S. The molecule has 0 radical (unpaired) electrons. The van der Waals surface area contributed by atoms with Crippen LogP contribution in [0, 0.1) is 0 Å². The van der Waals surface area contributed by atoms with Crippen LogP contribution in [0.5, 0.6) is 11.5 Å². The first kappa shape index (κ1) is 27.5. The molecule has 208 valence electrons. The second-order valence-corrected chi connectivity index (χ2v) is 10.6. The zero-order valence-electron chi connectivity index (χ0n) is 23.7. The van der Waals surface area contributed by atoms with Crippen LogP contribution in [0.1, 0.15) is 44.9 Å². The number of methoxy groups -OCH3 is 2. The molecule has 0 N–H and O–H groups in total. The Kier molecular flexibility index (Phi) is 7.67. The summed E-state index contributed by atoms with van der Waals surface area (Å²) in [5.74, 6) is 1.02. The molecule has 1 amide bonds. The van der Waals surface area contributed by atoms with Gasteiger partial charge in [0, 0.05) is 47.9 Å². The average molecular weight is 559 g/mol. The summed E-state index contributed by atoms with van der Waals surface area (Å²) in [5, 5.41) is 1.08. The second kappa shape index (κ2) is 11.2. The monoisotopic (exact) mass is 558 g/mol. The van der Waals surface area contributed by atoms with Crippen LogP contribution in [-0.2, 0) is 11.3 Å². The zero-order chi connectivity index (χ0) is 28.6. The van der Waals surface area contributed by atoms with E-state index in [0.717, 1.165) is 23.0 Å². The summed E-state index contributed by atoms with van der Waals surface area (Å²) in [6.07, 6.45) is 4.01. The number of carbonyl (C=O) groups is 1. The van der Waals surface area contributed by atoms with E-state index in [4.69, 9.17) is 14.5 Å². The minimum atomic E-state index is -0.728. The van der Waals surface area contributed by atoms with E-state index in [1.54, 1.807) is 35.8 Å². The first-order valence-corrected chi connectivity index (χ1v) is 14.3. The average Bonchev–Trinajstić information content (AvgIpc) is 3.48. The van der Waals surface area contributed by atoms with E-state index in [1.807, 2.05) is 45.0 Å². The van der Waals surface area contributed by atoms with Crippen molar-refractivity contribution in [3.63, 3.8) is 0 Å². The molecule has 0 spiro atoms. The van der Waals surface area contributed by atoms with Gasteiger partial charge in [0.25, 0.3) is 11.5 Å². The summed E-state index contributed by atoms with van der Waals surface area (Å²) in [5.41, 5.74) is 3.59. The Morgan fingerprint density at radius 3 is 2.52 bits per heavy atom. The van der Waals surface area contributed by atoms with E-state index in [2.05, 4.69) is 29.8 Å². The van der Waals surface area contributed by atoms with E-state index >= 15 is 0 Å². The molecule has 0 saturated heterocycles. The normalized spacial score (nSPS) is 15.2. The van der Waals surface area contributed by atoms with Crippen LogP contribution in [-0.4, -0.2) is 47.3 Å². The van der Waals surface area contributed by atoms with Gasteiger partial charge >= 0.3 is 0 Å². The molecule has 8 nitrogen and oxygen atoms in total. The lowest BCUT2D eigenvalue weighted by atomic mass is 9.93. The van der Waals surface area contributed by atoms with Gasteiger partial charge in [-0.15, -0.1) is 0 Å². The Morgan fingerprint density at radius 2 is 1.85 bits per heavy atom. The molecule has 0 saturated carbocycles. The van der Waals surface area contributed by atoms with Crippen LogP contribution in [0.15, 0.2) is 69.7 Å². The fourth-order valence-electron chi connectivity index (χ4n) is 5.42. The predicted octanol–water partition coefficient (Wildman–Crippen LogP) is 4.10. The Hall–Kier alpha value is -4.11. The Morgan fingerprint density at radius 1 is 1.10 bits per heavy atom. The van der Waals surface area contributed by atoms with E-state index in [1.165, 1.54) is 11.3 Å². The largest absolute Gasteiger partial charge is 0.497 e. The van der Waals surface area contributed by atoms with Gasteiger partial charge in [0.15, 0.2) is 4.80 Å². The minimum absolute atomic E-state index is 0.151. The SMILES string of the molecule is CCN(CC)C(=O)C1=C(C)N=c2s/c(=C\c3cn(CC)c4ccccc34)c(=O)n2[C@H]1c1cc(OC)ccc1OC. The second-order valence-electron chi connectivity index (χ2n) is 9.55. The number of para-hydroxylation sites is 1. The molecule has 9 heteroatoms. The number of amides is 1. The summed E-state index contributed by atoms with van der Waals surface area (Å²) >= 11 is 1.33. The lowest BCUT2D eigenvalue weighted by molar-refractivity contribution is -0.127. The summed E-state index contributed by atoms with van der Waals surface area (Å²) in [7, 11) is 3.17. The van der Waals surface area contributed by atoms with Gasteiger partial charge in [-0.3, -0.25) is 14.2 Å². The summed E-state index contributed by atoms with van der Waals surface area (Å²) in [6, 6.07) is 12.9. The molecule has 0 aliphatic carbocycles. The van der Waals surface area contributed by atoms with Crippen molar-refractivity contribution in [2.24, 2.45) is 4.99 Å². The maximum atomic E-state index is 14.2. The molecule has 3 heterocycles. The van der Waals surface area contributed by atoms with Gasteiger partial charge in [-0.25, -0.2) is 4.99 Å². The Labute approximate surface area is 237 Å². The molecule has 1 aliphatic heterocycles. The van der Waals surface area contributed by atoms with Crippen molar-refractivity contribution >= 4 is 34.2 Å². The third-order valence-electron chi connectivity index (χ3n) is 7.48. The number of fused-ring (bicyclic) bond motifs is 2. The molecule has 5 rings (SSSR count). The highest BCUT2D eigenvalue weighted by atomic mass is 32.1. The molecule has 0 unspecified atom stereocenters. The molecule has 1 atom stereocenters. The van der Waals surface area contributed by atoms with Gasteiger partial charge in [0.2, 0.25) is 0 Å². The van der Waals surface area contributed by atoms with Crippen LogP contribution in [0.25, 0.3) is 17.0 Å². The minimum Gasteiger partial charge on any atom is -0.497 e. The molecule has 0 bridgehead atoms. The van der Waals surface area contributed by atoms with Crippen molar-refractivity contribution in [1.82, 2.24) is 14.0 Å². The molecule has 40 heavy (non-hydrogen) atoms. The molecule has 0 fully saturated rings. The van der Waals surface area contributed by atoms with Crippen LogP contribution in [0.4, 0.5) is 0 Å². The fraction of sp³-hybridized carbons (Fsp3) is 0.323. The van der Waals surface area contributed by atoms with Crippen molar-refractivity contribution in [3.8, 4) is 11.5 Å². The number of aryl methyl sites for hydroxylation is 1. The molecule has 1 aliphatic rings.